The molecule has 1 aliphatic rings. The minimum Gasteiger partial charge on any atom is -0.442 e. The summed E-state index contributed by atoms with van der Waals surface area (Å²) in [6, 6.07) is 7.93. The third kappa shape index (κ3) is 8.55. The van der Waals surface area contributed by atoms with Gasteiger partial charge in [0.05, 0.1) is 5.39 Å². The highest BCUT2D eigenvalue weighted by molar-refractivity contribution is 5.98. The van der Waals surface area contributed by atoms with Crippen molar-refractivity contribution in [2.45, 2.75) is 66.3 Å². The van der Waals surface area contributed by atoms with E-state index in [1.54, 1.807) is 0 Å². The van der Waals surface area contributed by atoms with E-state index in [1.807, 2.05) is 41.1 Å². The lowest BCUT2D eigenvalue weighted by atomic mass is 10.1. The molecule has 0 amide bonds. The molecule has 4 rings (SSSR count). The van der Waals surface area contributed by atoms with Crippen LogP contribution in [0.15, 0.2) is 78.2 Å². The molecule has 1 aliphatic carbocycles. The van der Waals surface area contributed by atoms with Crippen LogP contribution < -0.4 is 11.1 Å². The van der Waals surface area contributed by atoms with Crippen molar-refractivity contribution in [2.24, 2.45) is 0 Å². The van der Waals surface area contributed by atoms with Crippen molar-refractivity contribution < 1.29 is 4.74 Å². The fraction of sp³-hybridized carbons (Fsp3) is 0.406. The molecule has 0 fully saturated rings. The van der Waals surface area contributed by atoms with Gasteiger partial charge in [-0.05, 0) is 84.1 Å². The molecule has 1 aromatic carbocycles. The maximum atomic E-state index is 6.19. The van der Waals surface area contributed by atoms with Crippen molar-refractivity contribution in [2.75, 3.05) is 31.7 Å². The quantitative estimate of drug-likeness (QED) is 0.245. The summed E-state index contributed by atoms with van der Waals surface area (Å²) < 4.78 is 7.89. The summed E-state index contributed by atoms with van der Waals surface area (Å²) in [5, 5.41) is 8.81. The standard InChI is InChI=1S/C26H30N6O.C6H15N/c1-5-6-15-32-26-23(25(27)28-16-29-26)24(31-32)20-10-12-21(13-11-20)30-19(4)33-22-14-8-17(2)7-9-18(22)3;1-4-5-6-7(2)3/h7-8,10-14,16,30H,4-6,9,15H2,1-3H3,(H2,27,28,29);4-6H2,1-3H3. The Morgan fingerprint density at radius 1 is 1.07 bits per heavy atom. The monoisotopic (exact) mass is 543 g/mol. The molecule has 2 aromatic heterocycles. The van der Waals surface area contributed by atoms with Crippen LogP contribution in [0.2, 0.25) is 0 Å². The number of fused-ring (bicyclic) bond motifs is 1. The summed E-state index contributed by atoms with van der Waals surface area (Å²) in [5.74, 6) is 1.72. The number of hydrogen-bond acceptors (Lipinski definition) is 7. The van der Waals surface area contributed by atoms with Gasteiger partial charge in [-0.25, -0.2) is 14.6 Å². The number of benzene rings is 1. The van der Waals surface area contributed by atoms with Crippen LogP contribution in [0.1, 0.15) is 59.8 Å². The van der Waals surface area contributed by atoms with E-state index < -0.39 is 0 Å². The van der Waals surface area contributed by atoms with Gasteiger partial charge in [-0.2, -0.15) is 5.10 Å². The van der Waals surface area contributed by atoms with Crippen molar-refractivity contribution in [3.05, 3.63) is 78.2 Å². The highest BCUT2D eigenvalue weighted by Crippen LogP contribution is 2.31. The maximum Gasteiger partial charge on any atom is 0.190 e. The molecule has 8 nitrogen and oxygen atoms in total. The highest BCUT2D eigenvalue weighted by atomic mass is 16.5. The largest absolute Gasteiger partial charge is 0.442 e. The van der Waals surface area contributed by atoms with E-state index in [2.05, 4.69) is 74.6 Å². The molecule has 3 N–H and O–H groups in total. The molecule has 0 unspecified atom stereocenters. The molecule has 0 aliphatic heterocycles. The molecule has 214 valence electrons. The smallest absolute Gasteiger partial charge is 0.190 e. The molecular formula is C32H45N7O. The maximum absolute atomic E-state index is 6.19. The first-order valence-electron chi connectivity index (χ1n) is 14.1. The van der Waals surface area contributed by atoms with E-state index in [-0.39, 0.29) is 0 Å². The van der Waals surface area contributed by atoms with Gasteiger partial charge in [-0.3, -0.25) is 0 Å². The Labute approximate surface area is 239 Å². The van der Waals surface area contributed by atoms with Gasteiger partial charge in [-0.15, -0.1) is 0 Å². The molecule has 40 heavy (non-hydrogen) atoms. The van der Waals surface area contributed by atoms with Gasteiger partial charge < -0.3 is 20.7 Å². The molecule has 2 heterocycles. The predicted octanol–water partition coefficient (Wildman–Crippen LogP) is 7.30. The van der Waals surface area contributed by atoms with Crippen LogP contribution in [0.4, 0.5) is 11.5 Å². The second-order valence-electron chi connectivity index (χ2n) is 10.4. The minimum absolute atomic E-state index is 0.437. The lowest BCUT2D eigenvalue weighted by Gasteiger charge is -2.14. The van der Waals surface area contributed by atoms with Gasteiger partial charge in [0, 0.05) is 17.8 Å². The van der Waals surface area contributed by atoms with Crippen LogP contribution in [-0.4, -0.2) is 45.3 Å². The lowest BCUT2D eigenvalue weighted by molar-refractivity contribution is 0.323. The number of nitrogens with zero attached hydrogens (tertiary/aromatic N) is 5. The zero-order valence-corrected chi connectivity index (χ0v) is 25.0. The highest BCUT2D eigenvalue weighted by Gasteiger charge is 2.17. The fourth-order valence-electron chi connectivity index (χ4n) is 4.15. The number of anilines is 2. The normalized spacial score (nSPS) is 13.1. The van der Waals surface area contributed by atoms with Gasteiger partial charge in [0.2, 0.25) is 0 Å². The van der Waals surface area contributed by atoms with Crippen molar-refractivity contribution in [1.82, 2.24) is 24.6 Å². The first-order chi connectivity index (χ1) is 19.2. The second-order valence-corrected chi connectivity index (χ2v) is 10.4. The topological polar surface area (TPSA) is 94.1 Å². The number of rotatable bonds is 11. The van der Waals surface area contributed by atoms with E-state index >= 15 is 0 Å². The Morgan fingerprint density at radius 2 is 1.80 bits per heavy atom. The van der Waals surface area contributed by atoms with E-state index in [1.165, 1.54) is 31.3 Å². The summed E-state index contributed by atoms with van der Waals surface area (Å²) in [4.78, 5) is 10.8. The fourth-order valence-corrected chi connectivity index (χ4v) is 4.15. The number of ether oxygens (including phenoxy) is 1. The van der Waals surface area contributed by atoms with Crippen molar-refractivity contribution >= 4 is 22.5 Å². The first-order valence-corrected chi connectivity index (χ1v) is 14.1. The third-order valence-electron chi connectivity index (χ3n) is 6.56. The molecule has 0 bridgehead atoms. The zero-order valence-electron chi connectivity index (χ0n) is 25.0. The Hall–Kier alpha value is -3.91. The van der Waals surface area contributed by atoms with Crippen LogP contribution in [0.25, 0.3) is 22.3 Å². The zero-order chi connectivity index (χ0) is 29.1. The van der Waals surface area contributed by atoms with Crippen LogP contribution >= 0.6 is 0 Å². The SMILES string of the molecule is C=C(Nc1ccc(-c2nn(CCCC)c3ncnc(N)c23)cc1)OC1=C(C)CC=C(C)C=C1.CCCCN(C)C. The van der Waals surface area contributed by atoms with Crippen LogP contribution in [-0.2, 0) is 11.3 Å². The van der Waals surface area contributed by atoms with Gasteiger partial charge in [0.15, 0.2) is 11.5 Å². The Bertz CT molecular complexity index is 1360. The summed E-state index contributed by atoms with van der Waals surface area (Å²) in [7, 11) is 4.21. The van der Waals surface area contributed by atoms with Crippen LogP contribution in [0.3, 0.4) is 0 Å². The molecule has 3 aromatic rings. The Balaban J connectivity index is 0.000000559. The van der Waals surface area contributed by atoms with Gasteiger partial charge in [0.1, 0.15) is 23.6 Å². The van der Waals surface area contributed by atoms with E-state index in [9.17, 15) is 0 Å². The van der Waals surface area contributed by atoms with Crippen LogP contribution in [0, 0.1) is 0 Å². The number of nitrogens with one attached hydrogen (secondary N) is 1. The number of unbranched alkanes of at least 4 members (excludes halogenated alkanes) is 2. The number of aromatic nitrogens is 4. The van der Waals surface area contributed by atoms with E-state index in [0.29, 0.717) is 11.7 Å². The van der Waals surface area contributed by atoms with Crippen molar-refractivity contribution in [3.8, 4) is 11.3 Å². The minimum atomic E-state index is 0.437. The average Bonchev–Trinajstić information content (AvgIpc) is 3.24. The lowest BCUT2D eigenvalue weighted by Crippen LogP contribution is -2.12. The summed E-state index contributed by atoms with van der Waals surface area (Å²) in [6.45, 7) is 14.6. The predicted molar refractivity (Wildman–Crippen MR) is 168 cm³/mol. The molecule has 0 radical (unpaired) electrons. The van der Waals surface area contributed by atoms with Gasteiger partial charge >= 0.3 is 0 Å². The van der Waals surface area contributed by atoms with Gasteiger partial charge in [0.25, 0.3) is 0 Å². The van der Waals surface area contributed by atoms with Crippen molar-refractivity contribution in [1.29, 1.82) is 0 Å². The number of allylic oxidation sites excluding steroid dienone is 5. The number of nitrogens with two attached hydrogens (primary N) is 1. The van der Waals surface area contributed by atoms with E-state index in [0.717, 1.165) is 65.1 Å². The van der Waals surface area contributed by atoms with E-state index in [4.69, 9.17) is 15.6 Å². The number of nitrogen functional groups attached to an aromatic ring is 1. The summed E-state index contributed by atoms with van der Waals surface area (Å²) in [6.07, 6.45) is 13.3. The Kier molecular flexibility index (Phi) is 11.5. The second kappa shape index (κ2) is 15.0. The van der Waals surface area contributed by atoms with Crippen molar-refractivity contribution in [3.63, 3.8) is 0 Å². The summed E-state index contributed by atoms with van der Waals surface area (Å²) >= 11 is 0. The molecule has 8 heteroatoms. The van der Waals surface area contributed by atoms with Gasteiger partial charge in [-0.1, -0.05) is 56.5 Å². The first kappa shape index (κ1) is 30.6. The molecule has 0 atom stereocenters. The third-order valence-corrected chi connectivity index (χ3v) is 6.56. The molecule has 0 saturated heterocycles. The number of hydrogen-bond donors (Lipinski definition) is 2. The molecule has 0 spiro atoms. The molecular weight excluding hydrogens is 498 g/mol. The summed E-state index contributed by atoms with van der Waals surface area (Å²) in [5.41, 5.74) is 11.9. The molecule has 0 saturated carbocycles. The number of aryl methyl sites for hydroxylation is 1. The Morgan fingerprint density at radius 3 is 2.45 bits per heavy atom. The van der Waals surface area contributed by atoms with Crippen LogP contribution in [0.5, 0.6) is 0 Å². The average molecular weight is 544 g/mol.